The Hall–Kier alpha value is -1.78. The zero-order valence-corrected chi connectivity index (χ0v) is 16.2. The lowest BCUT2D eigenvalue weighted by atomic mass is 10.2. The molecule has 0 aliphatic heterocycles. The number of carbonyl (C=O) groups is 2. The van der Waals surface area contributed by atoms with E-state index in [1.54, 1.807) is 4.90 Å². The van der Waals surface area contributed by atoms with Crippen LogP contribution in [-0.4, -0.2) is 45.8 Å². The van der Waals surface area contributed by atoms with Crippen molar-refractivity contribution in [1.29, 1.82) is 0 Å². The van der Waals surface area contributed by atoms with E-state index < -0.39 is 0 Å². The summed E-state index contributed by atoms with van der Waals surface area (Å²) in [6.07, 6.45) is 5.99. The van der Waals surface area contributed by atoms with E-state index in [1.165, 1.54) is 0 Å². The Kier molecular flexibility index (Phi) is 7.09. The lowest BCUT2D eigenvalue weighted by Gasteiger charge is -2.29. The van der Waals surface area contributed by atoms with Crippen LogP contribution < -0.4 is 0 Å². The third kappa shape index (κ3) is 5.91. The van der Waals surface area contributed by atoms with E-state index in [9.17, 15) is 9.59 Å². The summed E-state index contributed by atoms with van der Waals surface area (Å²) >= 11 is 0. The molecule has 25 heavy (non-hydrogen) atoms. The minimum Gasteiger partial charge on any atom is -0.353 e. The Balaban J connectivity index is 2.04. The number of hydrogen-bond acceptors (Lipinski definition) is 2. The lowest BCUT2D eigenvalue weighted by molar-refractivity contribution is -0.142. The van der Waals surface area contributed by atoms with Crippen LogP contribution in [0.15, 0.2) is 18.3 Å². The fourth-order valence-corrected chi connectivity index (χ4v) is 3.02. The zero-order chi connectivity index (χ0) is 18.4. The third-order valence-electron chi connectivity index (χ3n) is 4.69. The first-order valence-corrected chi connectivity index (χ1v) is 9.59. The zero-order valence-electron chi connectivity index (χ0n) is 16.2. The van der Waals surface area contributed by atoms with E-state index >= 15 is 0 Å². The van der Waals surface area contributed by atoms with E-state index in [4.69, 9.17) is 0 Å². The normalized spacial score (nSPS) is 14.0. The molecule has 1 aliphatic rings. The number of hydrogen-bond donors (Lipinski definition) is 0. The number of amides is 2. The molecule has 1 saturated carbocycles. The van der Waals surface area contributed by atoms with Crippen molar-refractivity contribution in [3.63, 3.8) is 0 Å². The van der Waals surface area contributed by atoms with Gasteiger partial charge in [0.05, 0.1) is 13.1 Å². The highest BCUT2D eigenvalue weighted by molar-refractivity contribution is 5.87. The molecule has 0 radical (unpaired) electrons. The molecule has 0 unspecified atom stereocenters. The van der Waals surface area contributed by atoms with Crippen molar-refractivity contribution < 1.29 is 9.59 Å². The number of aryl methyl sites for hydroxylation is 1. The van der Waals surface area contributed by atoms with Crippen LogP contribution in [-0.2, 0) is 23.2 Å². The van der Waals surface area contributed by atoms with Crippen molar-refractivity contribution in [3.8, 4) is 0 Å². The molecule has 1 heterocycles. The van der Waals surface area contributed by atoms with Gasteiger partial charge in [-0.1, -0.05) is 27.2 Å². The Labute approximate surface area is 152 Å². The number of unbranched alkanes of at least 4 members (excludes halogenated alkanes) is 1. The molecule has 140 valence electrons. The van der Waals surface area contributed by atoms with Gasteiger partial charge in [-0.05, 0) is 37.3 Å². The molecule has 1 aromatic heterocycles. The number of nitrogens with zero attached hydrogens (tertiary/aromatic N) is 3. The molecule has 2 rings (SSSR count). The van der Waals surface area contributed by atoms with E-state index in [1.807, 2.05) is 34.8 Å². The summed E-state index contributed by atoms with van der Waals surface area (Å²) in [5.41, 5.74) is 1.12. The van der Waals surface area contributed by atoms with Crippen LogP contribution in [0.3, 0.4) is 0 Å². The van der Waals surface area contributed by atoms with Crippen molar-refractivity contribution in [2.75, 3.05) is 19.6 Å². The van der Waals surface area contributed by atoms with Crippen molar-refractivity contribution in [1.82, 2.24) is 14.4 Å². The fourth-order valence-electron chi connectivity index (χ4n) is 3.02. The van der Waals surface area contributed by atoms with Gasteiger partial charge in [0, 0.05) is 37.9 Å². The number of carbonyl (C=O) groups excluding carboxylic acids is 2. The molecule has 0 spiro atoms. The standard InChI is InChI=1S/C20H33N3O2/c1-5-6-12-22(14-18-8-7-11-21(18)4)19(24)15-23(13-16(2)3)20(25)17-9-10-17/h7-8,11,16-17H,5-6,9-10,12-15H2,1-4H3. The maximum atomic E-state index is 12.9. The first kappa shape index (κ1) is 19.5. The largest absolute Gasteiger partial charge is 0.353 e. The molecule has 5 heteroatoms. The fraction of sp³-hybridized carbons (Fsp3) is 0.700. The molecule has 0 atom stereocenters. The van der Waals surface area contributed by atoms with Gasteiger partial charge in [-0.15, -0.1) is 0 Å². The van der Waals surface area contributed by atoms with Crippen molar-refractivity contribution in [2.45, 2.75) is 53.0 Å². The van der Waals surface area contributed by atoms with Gasteiger partial charge in [-0.25, -0.2) is 0 Å². The van der Waals surface area contributed by atoms with Crippen LogP contribution in [0.2, 0.25) is 0 Å². The van der Waals surface area contributed by atoms with Gasteiger partial charge < -0.3 is 14.4 Å². The molecule has 1 fully saturated rings. The summed E-state index contributed by atoms with van der Waals surface area (Å²) in [5.74, 6) is 0.747. The van der Waals surface area contributed by atoms with Crippen LogP contribution in [0.25, 0.3) is 0 Å². The quantitative estimate of drug-likeness (QED) is 0.653. The average Bonchev–Trinajstić information content (AvgIpc) is 3.33. The first-order valence-electron chi connectivity index (χ1n) is 9.59. The molecule has 5 nitrogen and oxygen atoms in total. The average molecular weight is 348 g/mol. The van der Waals surface area contributed by atoms with E-state index in [2.05, 4.69) is 20.8 Å². The molecular weight excluding hydrogens is 314 g/mol. The van der Waals surface area contributed by atoms with E-state index in [0.29, 0.717) is 19.0 Å². The van der Waals surface area contributed by atoms with Gasteiger partial charge in [0.2, 0.25) is 11.8 Å². The summed E-state index contributed by atoms with van der Waals surface area (Å²) in [5, 5.41) is 0. The predicted molar refractivity (Wildman–Crippen MR) is 99.9 cm³/mol. The van der Waals surface area contributed by atoms with Crippen LogP contribution >= 0.6 is 0 Å². The van der Waals surface area contributed by atoms with Gasteiger partial charge in [0.15, 0.2) is 0 Å². The third-order valence-corrected chi connectivity index (χ3v) is 4.69. The Bertz CT molecular complexity index is 575. The van der Waals surface area contributed by atoms with Crippen molar-refractivity contribution in [3.05, 3.63) is 24.0 Å². The molecule has 0 aromatic carbocycles. The molecular formula is C20H33N3O2. The summed E-state index contributed by atoms with van der Waals surface area (Å²) in [7, 11) is 2.00. The molecule has 0 saturated heterocycles. The van der Waals surface area contributed by atoms with Crippen molar-refractivity contribution in [2.24, 2.45) is 18.9 Å². The van der Waals surface area contributed by atoms with Crippen LogP contribution in [0.5, 0.6) is 0 Å². The number of aromatic nitrogens is 1. The van der Waals surface area contributed by atoms with Crippen LogP contribution in [0.4, 0.5) is 0 Å². The highest BCUT2D eigenvalue weighted by Gasteiger charge is 2.34. The highest BCUT2D eigenvalue weighted by Crippen LogP contribution is 2.31. The lowest BCUT2D eigenvalue weighted by Crippen LogP contribution is -2.45. The van der Waals surface area contributed by atoms with Gasteiger partial charge in [0.25, 0.3) is 0 Å². The van der Waals surface area contributed by atoms with Crippen molar-refractivity contribution >= 4 is 11.8 Å². The smallest absolute Gasteiger partial charge is 0.242 e. The molecule has 1 aliphatic carbocycles. The first-order chi connectivity index (χ1) is 11.9. The topological polar surface area (TPSA) is 45.6 Å². The second-order valence-electron chi connectivity index (χ2n) is 7.67. The van der Waals surface area contributed by atoms with Gasteiger partial charge in [-0.2, -0.15) is 0 Å². The summed E-state index contributed by atoms with van der Waals surface area (Å²) in [6.45, 7) is 8.54. The second kappa shape index (κ2) is 9.07. The predicted octanol–water partition coefficient (Wildman–Crippen LogP) is 3.05. The Morgan fingerprint density at radius 3 is 2.52 bits per heavy atom. The highest BCUT2D eigenvalue weighted by atomic mass is 16.2. The SMILES string of the molecule is CCCCN(Cc1cccn1C)C(=O)CN(CC(C)C)C(=O)C1CC1. The van der Waals surface area contributed by atoms with E-state index in [-0.39, 0.29) is 24.3 Å². The van der Waals surface area contributed by atoms with Gasteiger partial charge >= 0.3 is 0 Å². The Morgan fingerprint density at radius 2 is 2.00 bits per heavy atom. The maximum Gasteiger partial charge on any atom is 0.242 e. The van der Waals surface area contributed by atoms with Gasteiger partial charge in [0.1, 0.15) is 0 Å². The molecule has 0 bridgehead atoms. The Morgan fingerprint density at radius 1 is 1.28 bits per heavy atom. The number of rotatable bonds is 10. The summed E-state index contributed by atoms with van der Waals surface area (Å²) < 4.78 is 2.05. The van der Waals surface area contributed by atoms with Gasteiger partial charge in [-0.3, -0.25) is 9.59 Å². The van der Waals surface area contributed by atoms with Crippen LogP contribution in [0.1, 0.15) is 52.1 Å². The van der Waals surface area contributed by atoms with E-state index in [0.717, 1.165) is 37.9 Å². The minimum atomic E-state index is 0.0595. The second-order valence-corrected chi connectivity index (χ2v) is 7.67. The maximum absolute atomic E-state index is 12.9. The van der Waals surface area contributed by atoms with Crippen LogP contribution in [0, 0.1) is 11.8 Å². The molecule has 1 aromatic rings. The minimum absolute atomic E-state index is 0.0595. The summed E-state index contributed by atoms with van der Waals surface area (Å²) in [4.78, 5) is 29.2. The summed E-state index contributed by atoms with van der Waals surface area (Å²) in [6, 6.07) is 4.05. The molecule has 2 amide bonds. The monoisotopic (exact) mass is 347 g/mol. The molecule has 0 N–H and O–H groups in total.